The van der Waals surface area contributed by atoms with Gasteiger partial charge in [-0.3, -0.25) is 9.59 Å². The summed E-state index contributed by atoms with van der Waals surface area (Å²) in [4.78, 5) is 22.0. The zero-order valence-electron chi connectivity index (χ0n) is 10.9. The molecular weight excluding hydrogens is 266 g/mol. The molecule has 0 aliphatic heterocycles. The molecule has 0 radical (unpaired) electrons. The minimum Gasteiger partial charge on any atom is -0.481 e. The molecule has 2 N–H and O–H groups in total. The van der Waals surface area contributed by atoms with Crippen LogP contribution in [-0.4, -0.2) is 23.0 Å². The Bertz CT molecular complexity index is 431. The molecule has 1 unspecified atom stereocenters. The first kappa shape index (κ1) is 15.5. The van der Waals surface area contributed by atoms with Gasteiger partial charge in [0.15, 0.2) is 0 Å². The summed E-state index contributed by atoms with van der Waals surface area (Å²) in [5, 5.41) is 11.9. The molecule has 1 aromatic rings. The van der Waals surface area contributed by atoms with Gasteiger partial charge in [-0.05, 0) is 37.5 Å². The number of benzene rings is 1. The van der Waals surface area contributed by atoms with Crippen LogP contribution in [0, 0.1) is 0 Å². The third kappa shape index (κ3) is 6.82. The SMILES string of the molecule is CC(CC(=O)O)NC(=O)CCCc1ccc(Cl)cc1. The summed E-state index contributed by atoms with van der Waals surface area (Å²) >= 11 is 5.78. The van der Waals surface area contributed by atoms with Crippen LogP contribution >= 0.6 is 11.6 Å². The molecule has 1 aromatic carbocycles. The molecule has 1 amide bonds. The van der Waals surface area contributed by atoms with E-state index in [0.717, 1.165) is 18.4 Å². The molecule has 19 heavy (non-hydrogen) atoms. The third-order valence-corrected chi connectivity index (χ3v) is 2.92. The summed E-state index contributed by atoms with van der Waals surface area (Å²) in [6, 6.07) is 7.19. The highest BCUT2D eigenvalue weighted by molar-refractivity contribution is 6.30. The summed E-state index contributed by atoms with van der Waals surface area (Å²) < 4.78 is 0. The van der Waals surface area contributed by atoms with Crippen molar-refractivity contribution in [2.45, 2.75) is 38.6 Å². The van der Waals surface area contributed by atoms with Crippen molar-refractivity contribution in [1.82, 2.24) is 5.32 Å². The van der Waals surface area contributed by atoms with Gasteiger partial charge in [0.25, 0.3) is 0 Å². The van der Waals surface area contributed by atoms with E-state index < -0.39 is 5.97 Å². The molecule has 0 saturated heterocycles. The van der Waals surface area contributed by atoms with Crippen LogP contribution in [0.15, 0.2) is 24.3 Å². The van der Waals surface area contributed by atoms with Crippen LogP contribution in [0.5, 0.6) is 0 Å². The predicted molar refractivity (Wildman–Crippen MR) is 74.2 cm³/mol. The molecule has 104 valence electrons. The normalized spacial score (nSPS) is 11.9. The lowest BCUT2D eigenvalue weighted by Crippen LogP contribution is -2.34. The Morgan fingerprint density at radius 2 is 1.95 bits per heavy atom. The number of carbonyl (C=O) groups excluding carboxylic acids is 1. The first-order valence-electron chi connectivity index (χ1n) is 6.23. The standard InChI is InChI=1S/C14H18ClNO3/c1-10(9-14(18)19)16-13(17)4-2-3-11-5-7-12(15)8-6-11/h5-8,10H,2-4,9H2,1H3,(H,16,17)(H,18,19). The van der Waals surface area contributed by atoms with E-state index in [2.05, 4.69) is 5.32 Å². The fraction of sp³-hybridized carbons (Fsp3) is 0.429. The lowest BCUT2D eigenvalue weighted by atomic mass is 10.1. The lowest BCUT2D eigenvalue weighted by molar-refractivity contribution is -0.137. The van der Waals surface area contributed by atoms with Crippen LogP contribution in [0.25, 0.3) is 0 Å². The molecule has 0 heterocycles. The van der Waals surface area contributed by atoms with Crippen molar-refractivity contribution in [2.75, 3.05) is 0 Å². The highest BCUT2D eigenvalue weighted by Crippen LogP contribution is 2.11. The fourth-order valence-corrected chi connectivity index (χ4v) is 1.89. The number of carbonyl (C=O) groups is 2. The van der Waals surface area contributed by atoms with Crippen LogP contribution in [0.4, 0.5) is 0 Å². The monoisotopic (exact) mass is 283 g/mol. The van der Waals surface area contributed by atoms with Crippen LogP contribution in [0.3, 0.4) is 0 Å². The molecule has 0 fully saturated rings. The number of hydrogen-bond donors (Lipinski definition) is 2. The summed E-state index contributed by atoms with van der Waals surface area (Å²) in [5.41, 5.74) is 1.13. The molecule has 0 aromatic heterocycles. The number of halogens is 1. The van der Waals surface area contributed by atoms with Crippen LogP contribution < -0.4 is 5.32 Å². The molecule has 1 rings (SSSR count). The van der Waals surface area contributed by atoms with Crippen molar-refractivity contribution in [1.29, 1.82) is 0 Å². The van der Waals surface area contributed by atoms with E-state index in [4.69, 9.17) is 16.7 Å². The Labute approximate surface area is 117 Å². The smallest absolute Gasteiger partial charge is 0.305 e. The number of aliphatic carboxylic acids is 1. The summed E-state index contributed by atoms with van der Waals surface area (Å²) in [5.74, 6) is -1.02. The number of amides is 1. The number of rotatable bonds is 7. The summed E-state index contributed by atoms with van der Waals surface area (Å²) in [6.07, 6.45) is 1.88. The van der Waals surface area contributed by atoms with Gasteiger partial charge in [0.2, 0.25) is 5.91 Å². The molecule has 1 atom stereocenters. The van der Waals surface area contributed by atoms with Gasteiger partial charge in [0.1, 0.15) is 0 Å². The minimum atomic E-state index is -0.908. The first-order valence-corrected chi connectivity index (χ1v) is 6.61. The van der Waals surface area contributed by atoms with Crippen molar-refractivity contribution >= 4 is 23.5 Å². The quantitative estimate of drug-likeness (QED) is 0.808. The number of hydrogen-bond acceptors (Lipinski definition) is 2. The molecule has 4 nitrogen and oxygen atoms in total. The van der Waals surface area contributed by atoms with Gasteiger partial charge >= 0.3 is 5.97 Å². The molecule has 0 aliphatic carbocycles. The second kappa shape index (κ2) is 7.79. The summed E-state index contributed by atoms with van der Waals surface area (Å²) in [7, 11) is 0. The third-order valence-electron chi connectivity index (χ3n) is 2.67. The van der Waals surface area contributed by atoms with Gasteiger partial charge < -0.3 is 10.4 Å². The maximum absolute atomic E-state index is 11.6. The van der Waals surface area contributed by atoms with E-state index >= 15 is 0 Å². The first-order chi connectivity index (χ1) is 8.97. The molecule has 0 aliphatic rings. The zero-order chi connectivity index (χ0) is 14.3. The Morgan fingerprint density at radius 3 is 2.53 bits per heavy atom. The van der Waals surface area contributed by atoms with Gasteiger partial charge in [-0.15, -0.1) is 0 Å². The lowest BCUT2D eigenvalue weighted by Gasteiger charge is -2.11. The summed E-state index contributed by atoms with van der Waals surface area (Å²) in [6.45, 7) is 1.69. The maximum atomic E-state index is 11.6. The highest BCUT2D eigenvalue weighted by atomic mass is 35.5. The Balaban J connectivity index is 2.23. The Hall–Kier alpha value is -1.55. The molecule has 5 heteroatoms. The van der Waals surface area contributed by atoms with Gasteiger partial charge in [0.05, 0.1) is 6.42 Å². The van der Waals surface area contributed by atoms with Crippen LogP contribution in [-0.2, 0) is 16.0 Å². The fourth-order valence-electron chi connectivity index (χ4n) is 1.76. The topological polar surface area (TPSA) is 66.4 Å². The van der Waals surface area contributed by atoms with E-state index in [1.807, 2.05) is 24.3 Å². The van der Waals surface area contributed by atoms with Crippen molar-refractivity contribution in [3.05, 3.63) is 34.9 Å². The second-order valence-corrected chi connectivity index (χ2v) is 4.98. The Morgan fingerprint density at radius 1 is 1.32 bits per heavy atom. The molecule has 0 bridgehead atoms. The number of carboxylic acid groups (broad SMARTS) is 1. The number of aryl methyl sites for hydroxylation is 1. The molecule has 0 spiro atoms. The van der Waals surface area contributed by atoms with Crippen LogP contribution in [0.1, 0.15) is 31.7 Å². The van der Waals surface area contributed by atoms with Crippen molar-refractivity contribution in [3.8, 4) is 0 Å². The van der Waals surface area contributed by atoms with Crippen molar-refractivity contribution in [2.24, 2.45) is 0 Å². The Kier molecular flexibility index (Phi) is 6.36. The van der Waals surface area contributed by atoms with E-state index in [9.17, 15) is 9.59 Å². The van der Waals surface area contributed by atoms with Crippen molar-refractivity contribution < 1.29 is 14.7 Å². The predicted octanol–water partition coefficient (Wildman–Crippen LogP) is 2.64. The molecular formula is C14H18ClNO3. The maximum Gasteiger partial charge on any atom is 0.305 e. The molecule has 0 saturated carbocycles. The van der Waals surface area contributed by atoms with E-state index in [-0.39, 0.29) is 18.4 Å². The van der Waals surface area contributed by atoms with Crippen LogP contribution in [0.2, 0.25) is 5.02 Å². The van der Waals surface area contributed by atoms with Gasteiger partial charge in [-0.25, -0.2) is 0 Å². The van der Waals surface area contributed by atoms with Gasteiger partial charge in [0, 0.05) is 17.5 Å². The highest BCUT2D eigenvalue weighted by Gasteiger charge is 2.10. The average molecular weight is 284 g/mol. The van der Waals surface area contributed by atoms with E-state index in [1.54, 1.807) is 6.92 Å². The zero-order valence-corrected chi connectivity index (χ0v) is 11.6. The second-order valence-electron chi connectivity index (χ2n) is 4.55. The number of carboxylic acids is 1. The average Bonchev–Trinajstić information content (AvgIpc) is 2.30. The van der Waals surface area contributed by atoms with E-state index in [0.29, 0.717) is 11.4 Å². The van der Waals surface area contributed by atoms with E-state index in [1.165, 1.54) is 0 Å². The van der Waals surface area contributed by atoms with Gasteiger partial charge in [-0.2, -0.15) is 0 Å². The number of nitrogens with one attached hydrogen (secondary N) is 1. The minimum absolute atomic E-state index is 0.0527. The van der Waals surface area contributed by atoms with Crippen molar-refractivity contribution in [3.63, 3.8) is 0 Å². The van der Waals surface area contributed by atoms with Gasteiger partial charge in [-0.1, -0.05) is 23.7 Å². The largest absolute Gasteiger partial charge is 0.481 e.